The predicted octanol–water partition coefficient (Wildman–Crippen LogP) is 1.92. The Kier molecular flexibility index (Phi) is 7.38. The third-order valence-electron chi connectivity index (χ3n) is 4.76. The van der Waals surface area contributed by atoms with Gasteiger partial charge in [0.15, 0.2) is 0 Å². The number of carbonyl (C=O) groups is 1. The zero-order valence-corrected chi connectivity index (χ0v) is 17.3. The van der Waals surface area contributed by atoms with Crippen molar-refractivity contribution >= 4 is 16.0 Å². The van der Waals surface area contributed by atoms with Crippen LogP contribution in [0.5, 0.6) is 0 Å². The van der Waals surface area contributed by atoms with E-state index in [1.165, 1.54) is 12.7 Å². The normalized spacial score (nSPS) is 15.2. The lowest BCUT2D eigenvalue weighted by Crippen LogP contribution is -2.35. The molecule has 0 unspecified atom stereocenters. The molecule has 0 atom stereocenters. The van der Waals surface area contributed by atoms with Gasteiger partial charge in [0.1, 0.15) is 0 Å². The van der Waals surface area contributed by atoms with Gasteiger partial charge in [-0.15, -0.1) is 0 Å². The minimum absolute atomic E-state index is 0.149. The van der Waals surface area contributed by atoms with Gasteiger partial charge in [0.05, 0.1) is 31.6 Å². The highest BCUT2D eigenvalue weighted by molar-refractivity contribution is 7.88. The average Bonchev–Trinajstić information content (AvgIpc) is 2.74. The van der Waals surface area contributed by atoms with E-state index in [4.69, 9.17) is 4.74 Å². The largest absolute Gasteiger partial charge is 0.465 e. The van der Waals surface area contributed by atoms with Gasteiger partial charge in [0.25, 0.3) is 0 Å². The van der Waals surface area contributed by atoms with Crippen LogP contribution >= 0.6 is 0 Å². The van der Waals surface area contributed by atoms with Gasteiger partial charge >= 0.3 is 5.97 Å². The van der Waals surface area contributed by atoms with Crippen LogP contribution in [0.15, 0.2) is 48.5 Å². The first-order chi connectivity index (χ1) is 13.9. The predicted molar refractivity (Wildman–Crippen MR) is 110 cm³/mol. The SMILES string of the molecule is COC(=O)c1ccc(CS(=O)(=O)NCc2ccc(CN3CCOCC3)cc2)cc1. The zero-order chi connectivity index (χ0) is 20.7. The van der Waals surface area contributed by atoms with Crippen LogP contribution in [-0.2, 0) is 38.3 Å². The van der Waals surface area contributed by atoms with Gasteiger partial charge in [-0.3, -0.25) is 4.90 Å². The summed E-state index contributed by atoms with van der Waals surface area (Å²) in [7, 11) is -2.19. The number of ether oxygens (including phenoxy) is 2. The molecule has 1 N–H and O–H groups in total. The Morgan fingerprint density at radius 1 is 1.00 bits per heavy atom. The number of rotatable bonds is 8. The van der Waals surface area contributed by atoms with Crippen LogP contribution < -0.4 is 4.72 Å². The lowest BCUT2D eigenvalue weighted by molar-refractivity contribution is 0.0342. The molecule has 1 aliphatic heterocycles. The summed E-state index contributed by atoms with van der Waals surface area (Å²) in [6.45, 7) is 4.51. The molecule has 0 radical (unpaired) electrons. The number of hydrogen-bond acceptors (Lipinski definition) is 6. The van der Waals surface area contributed by atoms with Crippen molar-refractivity contribution in [1.29, 1.82) is 0 Å². The van der Waals surface area contributed by atoms with Crippen LogP contribution in [0.3, 0.4) is 0 Å². The molecule has 1 heterocycles. The number of carbonyl (C=O) groups excluding carboxylic acids is 1. The Morgan fingerprint density at radius 3 is 2.21 bits per heavy atom. The van der Waals surface area contributed by atoms with E-state index in [1.54, 1.807) is 24.3 Å². The first-order valence-electron chi connectivity index (χ1n) is 9.48. The molecule has 0 aliphatic carbocycles. The Labute approximate surface area is 171 Å². The van der Waals surface area contributed by atoms with Crippen LogP contribution in [0.4, 0.5) is 0 Å². The van der Waals surface area contributed by atoms with Crippen molar-refractivity contribution < 1.29 is 22.7 Å². The van der Waals surface area contributed by atoms with Crippen molar-refractivity contribution in [3.05, 3.63) is 70.8 Å². The standard InChI is InChI=1S/C21H26N2O5S/c1-27-21(24)20-8-6-19(7-9-20)16-29(25,26)22-14-17-2-4-18(5-3-17)15-23-10-12-28-13-11-23/h2-9,22H,10-16H2,1H3. The van der Waals surface area contributed by atoms with Gasteiger partial charge in [0.2, 0.25) is 10.0 Å². The molecule has 0 saturated carbocycles. The third kappa shape index (κ3) is 6.64. The maximum absolute atomic E-state index is 12.4. The lowest BCUT2D eigenvalue weighted by atomic mass is 10.1. The minimum Gasteiger partial charge on any atom is -0.465 e. The van der Waals surface area contributed by atoms with Crippen LogP contribution in [0.2, 0.25) is 0 Å². The van der Waals surface area contributed by atoms with E-state index in [0.717, 1.165) is 38.4 Å². The molecule has 0 aromatic heterocycles. The summed E-state index contributed by atoms with van der Waals surface area (Å²) in [5.41, 5.74) is 3.09. The highest BCUT2D eigenvalue weighted by Gasteiger charge is 2.13. The zero-order valence-electron chi connectivity index (χ0n) is 16.5. The molecule has 156 valence electrons. The fourth-order valence-electron chi connectivity index (χ4n) is 3.10. The monoisotopic (exact) mass is 418 g/mol. The van der Waals surface area contributed by atoms with Gasteiger partial charge in [0, 0.05) is 26.2 Å². The summed E-state index contributed by atoms with van der Waals surface area (Å²) < 4.78 is 37.3. The van der Waals surface area contributed by atoms with Crippen LogP contribution in [0, 0.1) is 0 Å². The third-order valence-corrected chi connectivity index (χ3v) is 6.06. The Bertz CT molecular complexity index is 905. The Balaban J connectivity index is 1.51. The van der Waals surface area contributed by atoms with Gasteiger partial charge in [-0.1, -0.05) is 36.4 Å². The second kappa shape index (κ2) is 9.98. The Hall–Kier alpha value is -2.26. The molecule has 2 aromatic carbocycles. The van der Waals surface area contributed by atoms with Crippen LogP contribution in [0.25, 0.3) is 0 Å². The van der Waals surface area contributed by atoms with Gasteiger partial charge < -0.3 is 9.47 Å². The van der Waals surface area contributed by atoms with Crippen molar-refractivity contribution in [2.45, 2.75) is 18.8 Å². The molecule has 1 saturated heterocycles. The van der Waals surface area contributed by atoms with E-state index in [-0.39, 0.29) is 12.3 Å². The topological polar surface area (TPSA) is 84.9 Å². The highest BCUT2D eigenvalue weighted by Crippen LogP contribution is 2.11. The summed E-state index contributed by atoms with van der Waals surface area (Å²) in [5.74, 6) is -0.599. The maximum atomic E-state index is 12.4. The summed E-state index contributed by atoms with van der Waals surface area (Å²) in [6, 6.07) is 14.3. The molecule has 0 bridgehead atoms. The van der Waals surface area contributed by atoms with Crippen molar-refractivity contribution in [2.24, 2.45) is 0 Å². The van der Waals surface area contributed by atoms with Gasteiger partial charge in [-0.05, 0) is 28.8 Å². The number of sulfonamides is 1. The average molecular weight is 419 g/mol. The minimum atomic E-state index is -3.49. The fourth-order valence-corrected chi connectivity index (χ4v) is 4.22. The van der Waals surface area contributed by atoms with E-state index >= 15 is 0 Å². The Morgan fingerprint density at radius 2 is 1.59 bits per heavy atom. The molecule has 2 aromatic rings. The smallest absolute Gasteiger partial charge is 0.337 e. The molecule has 29 heavy (non-hydrogen) atoms. The lowest BCUT2D eigenvalue weighted by Gasteiger charge is -2.26. The summed E-state index contributed by atoms with van der Waals surface area (Å²) in [6.07, 6.45) is 0. The number of morpholine rings is 1. The first-order valence-corrected chi connectivity index (χ1v) is 11.1. The molecule has 3 rings (SSSR count). The molecule has 1 fully saturated rings. The van der Waals surface area contributed by atoms with E-state index in [1.807, 2.05) is 24.3 Å². The molecular weight excluding hydrogens is 392 g/mol. The quantitative estimate of drug-likeness (QED) is 0.660. The number of benzene rings is 2. The molecule has 7 nitrogen and oxygen atoms in total. The number of nitrogens with zero attached hydrogens (tertiary/aromatic N) is 1. The number of esters is 1. The molecule has 0 spiro atoms. The van der Waals surface area contributed by atoms with E-state index in [0.29, 0.717) is 11.1 Å². The fraction of sp³-hybridized carbons (Fsp3) is 0.381. The molecule has 8 heteroatoms. The van der Waals surface area contributed by atoms with E-state index in [9.17, 15) is 13.2 Å². The second-order valence-corrected chi connectivity index (χ2v) is 8.78. The molecule has 1 aliphatic rings. The van der Waals surface area contributed by atoms with Gasteiger partial charge in [-0.2, -0.15) is 0 Å². The van der Waals surface area contributed by atoms with E-state index < -0.39 is 16.0 Å². The summed E-state index contributed by atoms with van der Waals surface area (Å²) in [4.78, 5) is 13.8. The first kappa shape index (κ1) is 21.4. The van der Waals surface area contributed by atoms with Crippen molar-refractivity contribution in [3.63, 3.8) is 0 Å². The van der Waals surface area contributed by atoms with Crippen LogP contribution in [0.1, 0.15) is 27.0 Å². The van der Waals surface area contributed by atoms with Crippen molar-refractivity contribution in [2.75, 3.05) is 33.4 Å². The van der Waals surface area contributed by atoms with Crippen LogP contribution in [-0.4, -0.2) is 52.7 Å². The van der Waals surface area contributed by atoms with Crippen molar-refractivity contribution in [1.82, 2.24) is 9.62 Å². The van der Waals surface area contributed by atoms with E-state index in [2.05, 4.69) is 14.4 Å². The number of methoxy groups -OCH3 is 1. The highest BCUT2D eigenvalue weighted by atomic mass is 32.2. The summed E-state index contributed by atoms with van der Waals surface area (Å²) >= 11 is 0. The molecular formula is C21H26N2O5S. The number of nitrogens with one attached hydrogen (secondary N) is 1. The van der Waals surface area contributed by atoms with Gasteiger partial charge in [-0.25, -0.2) is 17.9 Å². The molecule has 0 amide bonds. The van der Waals surface area contributed by atoms with Crippen molar-refractivity contribution in [3.8, 4) is 0 Å². The maximum Gasteiger partial charge on any atom is 0.337 e. The summed E-state index contributed by atoms with van der Waals surface area (Å²) in [5, 5.41) is 0. The second-order valence-electron chi connectivity index (χ2n) is 6.97. The number of hydrogen-bond donors (Lipinski definition) is 1.